The van der Waals surface area contributed by atoms with Crippen molar-refractivity contribution in [2.24, 2.45) is 0 Å². The average Bonchev–Trinajstić information content (AvgIpc) is 3.42. The summed E-state index contributed by atoms with van der Waals surface area (Å²) in [5, 5.41) is 14.0. The molecule has 11 nitrogen and oxygen atoms in total. The molecule has 0 aliphatic carbocycles. The summed E-state index contributed by atoms with van der Waals surface area (Å²) in [5.41, 5.74) is 2.30. The molecule has 2 aromatic carbocycles. The van der Waals surface area contributed by atoms with Gasteiger partial charge in [0.1, 0.15) is 30.4 Å². The molecule has 1 aliphatic rings. The van der Waals surface area contributed by atoms with Crippen molar-refractivity contribution in [1.82, 2.24) is 19.8 Å². The van der Waals surface area contributed by atoms with Crippen molar-refractivity contribution in [2.45, 2.75) is 13.0 Å². The van der Waals surface area contributed by atoms with Crippen LogP contribution in [0.3, 0.4) is 0 Å². The van der Waals surface area contributed by atoms with Gasteiger partial charge in [-0.1, -0.05) is 6.07 Å². The van der Waals surface area contributed by atoms with E-state index in [4.69, 9.17) is 23.9 Å². The summed E-state index contributed by atoms with van der Waals surface area (Å²) in [6.45, 7) is 5.67. The fourth-order valence-corrected chi connectivity index (χ4v) is 4.73. The van der Waals surface area contributed by atoms with Crippen LogP contribution in [0, 0.1) is 11.3 Å². The highest BCUT2D eigenvalue weighted by Gasteiger charge is 2.23. The lowest BCUT2D eigenvalue weighted by Gasteiger charge is -2.35. The number of anilines is 2. The van der Waals surface area contributed by atoms with E-state index in [1.54, 1.807) is 19.4 Å². The molecule has 3 heterocycles. The molecule has 0 saturated carbocycles. The quantitative estimate of drug-likeness (QED) is 0.239. The van der Waals surface area contributed by atoms with E-state index in [1.165, 1.54) is 13.3 Å². The second-order valence-corrected chi connectivity index (χ2v) is 9.28. The molecule has 0 radical (unpaired) electrons. The van der Waals surface area contributed by atoms with Crippen LogP contribution in [0.15, 0.2) is 53.4 Å². The first-order valence-corrected chi connectivity index (χ1v) is 12.7. The Kier molecular flexibility index (Phi) is 8.05. The maximum Gasteiger partial charge on any atom is 0.303 e. The van der Waals surface area contributed by atoms with Crippen molar-refractivity contribution in [1.29, 1.82) is 5.26 Å². The van der Waals surface area contributed by atoms with Crippen LogP contribution >= 0.6 is 0 Å². The van der Waals surface area contributed by atoms with Gasteiger partial charge in [-0.2, -0.15) is 5.26 Å². The molecule has 11 heteroatoms. The van der Waals surface area contributed by atoms with Crippen LogP contribution in [-0.4, -0.2) is 84.8 Å². The molecule has 2 aromatic heterocycles. The van der Waals surface area contributed by atoms with E-state index < -0.39 is 6.10 Å². The number of piperazine rings is 1. The van der Waals surface area contributed by atoms with E-state index >= 15 is 0 Å². The number of benzene rings is 2. The van der Waals surface area contributed by atoms with Gasteiger partial charge >= 0.3 is 5.97 Å². The number of ether oxygens (including phenoxy) is 3. The first-order chi connectivity index (χ1) is 19.0. The second kappa shape index (κ2) is 12.0. The lowest BCUT2D eigenvalue weighted by Crippen LogP contribution is -2.49. The Morgan fingerprint density at radius 3 is 2.72 bits per heavy atom. The van der Waals surface area contributed by atoms with Crippen molar-refractivity contribution in [3.8, 4) is 17.6 Å². The molecule has 4 aromatic rings. The van der Waals surface area contributed by atoms with Gasteiger partial charge < -0.3 is 23.9 Å². The molecule has 1 aliphatic heterocycles. The number of furan rings is 1. The summed E-state index contributed by atoms with van der Waals surface area (Å²) in [7, 11) is 1.57. The standard InChI is InChI=1S/C28H30N6O5/c1-19(35)39-20(16-34-11-9-33(8-7-29)10-12-34)17-38-27-15-24-22(14-26(27)36-2)28(31-18-30-24)32-23-4-3-5-25-21(23)6-13-37-25/h3-6,13-15,18,20H,8-12,16-17H2,1-2H3,(H,30,31,32). The normalized spacial score (nSPS) is 15.1. The number of aromatic nitrogens is 2. The van der Waals surface area contributed by atoms with E-state index in [-0.39, 0.29) is 12.6 Å². The molecule has 1 unspecified atom stereocenters. The number of fused-ring (bicyclic) bond motifs is 2. The van der Waals surface area contributed by atoms with Gasteiger partial charge in [-0.3, -0.25) is 14.6 Å². The number of hydrogen-bond acceptors (Lipinski definition) is 11. The van der Waals surface area contributed by atoms with Gasteiger partial charge in [0.2, 0.25) is 0 Å². The molecule has 5 rings (SSSR count). The first-order valence-electron chi connectivity index (χ1n) is 12.7. The number of esters is 1. The number of hydrogen-bond donors (Lipinski definition) is 1. The zero-order chi connectivity index (χ0) is 27.2. The van der Waals surface area contributed by atoms with Crippen molar-refractivity contribution in [3.05, 3.63) is 49.0 Å². The Bertz CT molecular complexity index is 1490. The SMILES string of the molecule is COc1cc2c(Nc3cccc4occc34)ncnc2cc1OCC(CN1CCN(CC#N)CC1)OC(C)=O. The summed E-state index contributed by atoms with van der Waals surface area (Å²) in [6, 6.07) is 13.5. The van der Waals surface area contributed by atoms with E-state index in [0.717, 1.165) is 48.2 Å². The number of carbonyl (C=O) groups excluding carboxylic acids is 1. The smallest absolute Gasteiger partial charge is 0.303 e. The minimum Gasteiger partial charge on any atom is -0.493 e. The Morgan fingerprint density at radius 2 is 1.95 bits per heavy atom. The first kappa shape index (κ1) is 26.2. The maximum absolute atomic E-state index is 11.8. The van der Waals surface area contributed by atoms with Crippen LogP contribution in [-0.2, 0) is 9.53 Å². The number of nitriles is 1. The Balaban J connectivity index is 1.32. The van der Waals surface area contributed by atoms with Crippen LogP contribution < -0.4 is 14.8 Å². The summed E-state index contributed by atoms with van der Waals surface area (Å²) >= 11 is 0. The molecule has 0 amide bonds. The third-order valence-corrected chi connectivity index (χ3v) is 6.65. The highest BCUT2D eigenvalue weighted by atomic mass is 16.6. The molecule has 0 spiro atoms. The number of carbonyl (C=O) groups is 1. The van der Waals surface area contributed by atoms with Gasteiger partial charge in [0, 0.05) is 56.5 Å². The third kappa shape index (κ3) is 6.19. The van der Waals surface area contributed by atoms with Gasteiger partial charge in [-0.15, -0.1) is 0 Å². The highest BCUT2D eigenvalue weighted by molar-refractivity contribution is 5.97. The molecule has 202 valence electrons. The number of methoxy groups -OCH3 is 1. The van der Waals surface area contributed by atoms with Crippen LogP contribution in [0.1, 0.15) is 6.92 Å². The highest BCUT2D eigenvalue weighted by Crippen LogP contribution is 2.36. The molecule has 1 atom stereocenters. The summed E-state index contributed by atoms with van der Waals surface area (Å²) in [4.78, 5) is 25.0. The van der Waals surface area contributed by atoms with Crippen LogP contribution in [0.2, 0.25) is 0 Å². The largest absolute Gasteiger partial charge is 0.493 e. The van der Waals surface area contributed by atoms with Gasteiger partial charge in [-0.25, -0.2) is 9.97 Å². The van der Waals surface area contributed by atoms with Crippen molar-refractivity contribution in [3.63, 3.8) is 0 Å². The molecular weight excluding hydrogens is 500 g/mol. The topological polar surface area (TPSA) is 126 Å². The Morgan fingerprint density at radius 1 is 1.13 bits per heavy atom. The molecule has 1 N–H and O–H groups in total. The molecule has 1 saturated heterocycles. The van der Waals surface area contributed by atoms with Crippen molar-refractivity contribution >= 4 is 39.3 Å². The zero-order valence-corrected chi connectivity index (χ0v) is 21.9. The van der Waals surface area contributed by atoms with Crippen molar-refractivity contribution in [2.75, 3.05) is 58.3 Å². The van der Waals surface area contributed by atoms with Crippen LogP contribution in [0.25, 0.3) is 21.9 Å². The summed E-state index contributed by atoms with van der Waals surface area (Å²) < 4.78 is 22.9. The van der Waals surface area contributed by atoms with Gasteiger partial charge in [0.25, 0.3) is 0 Å². The Hall–Kier alpha value is -4.40. The van der Waals surface area contributed by atoms with E-state index in [2.05, 4.69) is 31.2 Å². The van der Waals surface area contributed by atoms with Crippen LogP contribution in [0.5, 0.6) is 11.5 Å². The monoisotopic (exact) mass is 530 g/mol. The number of nitrogens with one attached hydrogen (secondary N) is 1. The second-order valence-electron chi connectivity index (χ2n) is 9.28. The average molecular weight is 531 g/mol. The number of rotatable bonds is 10. The van der Waals surface area contributed by atoms with Gasteiger partial charge in [0.05, 0.1) is 37.2 Å². The third-order valence-electron chi connectivity index (χ3n) is 6.65. The molecule has 0 bridgehead atoms. The predicted octanol–water partition coefficient (Wildman–Crippen LogP) is 3.58. The lowest BCUT2D eigenvalue weighted by atomic mass is 10.2. The maximum atomic E-state index is 11.8. The molecule has 1 fully saturated rings. The lowest BCUT2D eigenvalue weighted by molar-refractivity contribution is -0.149. The minimum atomic E-state index is -0.469. The zero-order valence-electron chi connectivity index (χ0n) is 21.9. The minimum absolute atomic E-state index is 0.151. The summed E-state index contributed by atoms with van der Waals surface area (Å²) in [5.74, 6) is 1.25. The predicted molar refractivity (Wildman–Crippen MR) is 145 cm³/mol. The van der Waals surface area contributed by atoms with Gasteiger partial charge in [0.15, 0.2) is 11.5 Å². The van der Waals surface area contributed by atoms with E-state index in [1.807, 2.05) is 30.3 Å². The van der Waals surface area contributed by atoms with Gasteiger partial charge in [-0.05, 0) is 24.3 Å². The fourth-order valence-electron chi connectivity index (χ4n) is 4.73. The molecule has 39 heavy (non-hydrogen) atoms. The number of nitrogens with zero attached hydrogens (tertiary/aromatic N) is 5. The Labute approximate surface area is 225 Å². The van der Waals surface area contributed by atoms with Crippen LogP contribution in [0.4, 0.5) is 11.5 Å². The summed E-state index contributed by atoms with van der Waals surface area (Å²) in [6.07, 6.45) is 2.67. The van der Waals surface area contributed by atoms with Crippen molar-refractivity contribution < 1.29 is 23.4 Å². The van der Waals surface area contributed by atoms with E-state index in [9.17, 15) is 4.79 Å². The van der Waals surface area contributed by atoms with E-state index in [0.29, 0.717) is 35.9 Å². The molecular formula is C28H30N6O5. The fraction of sp³-hybridized carbons (Fsp3) is 0.357.